The maximum absolute atomic E-state index is 12.5. The molecule has 1 aliphatic rings. The molecule has 0 radical (unpaired) electrons. The maximum Gasteiger partial charge on any atom is 0.494 e. The number of benzene rings is 1. The van der Waals surface area contributed by atoms with Crippen LogP contribution >= 0.6 is 0 Å². The van der Waals surface area contributed by atoms with Crippen LogP contribution in [-0.2, 0) is 18.5 Å². The number of nitrogens with one attached hydrogen (secondary N) is 1. The van der Waals surface area contributed by atoms with Gasteiger partial charge in [-0.1, -0.05) is 26.8 Å². The molecule has 0 aliphatic carbocycles. The fourth-order valence-electron chi connectivity index (χ4n) is 3.01. The Labute approximate surface area is 201 Å². The van der Waals surface area contributed by atoms with Gasteiger partial charge in [0.1, 0.15) is 11.9 Å². The second-order valence-electron chi connectivity index (χ2n) is 11.3. The van der Waals surface area contributed by atoms with Crippen molar-refractivity contribution in [2.24, 2.45) is 0 Å². The maximum atomic E-state index is 12.5. The van der Waals surface area contributed by atoms with E-state index in [0.29, 0.717) is 24.5 Å². The third kappa shape index (κ3) is 6.75. The highest BCUT2D eigenvalue weighted by Crippen LogP contribution is 2.38. The molecule has 0 bridgehead atoms. The molecule has 1 aliphatic heterocycles. The Kier molecular flexibility index (Phi) is 8.37. The number of methoxy groups -OCH3 is 1. The number of rotatable bonds is 8. The minimum absolute atomic E-state index is 0.150. The smallest absolute Gasteiger partial charge is 0.494 e. The monoisotopic (exact) mass is 479 g/mol. The zero-order valence-corrected chi connectivity index (χ0v) is 23.3. The van der Waals surface area contributed by atoms with Crippen molar-refractivity contribution in [1.82, 2.24) is 0 Å². The lowest BCUT2D eigenvalue weighted by molar-refractivity contribution is 0.00578. The first kappa shape index (κ1) is 27.7. The van der Waals surface area contributed by atoms with Crippen LogP contribution in [0.25, 0.3) is 0 Å². The van der Waals surface area contributed by atoms with Crippen LogP contribution in [0.5, 0.6) is 5.75 Å². The van der Waals surface area contributed by atoms with Crippen molar-refractivity contribution >= 4 is 32.7 Å². The average Bonchev–Trinajstić information content (AvgIpc) is 2.88. The summed E-state index contributed by atoms with van der Waals surface area (Å²) >= 11 is 0. The molecule has 1 N–H and O–H groups in total. The molecule has 1 saturated heterocycles. The summed E-state index contributed by atoms with van der Waals surface area (Å²) in [6, 6.07) is 5.44. The van der Waals surface area contributed by atoms with Crippen LogP contribution < -0.4 is 15.5 Å². The van der Waals surface area contributed by atoms with Gasteiger partial charge < -0.3 is 23.2 Å². The lowest BCUT2D eigenvalue weighted by Crippen LogP contribution is -2.41. The molecule has 1 aromatic rings. The molecular weight excluding hydrogens is 437 g/mol. The molecule has 2 rings (SSSR count). The summed E-state index contributed by atoms with van der Waals surface area (Å²) in [6.45, 7) is 21.5. The number of carbonyl (C=O) groups excluding carboxylic acids is 1. The Bertz CT molecular complexity index is 821. The van der Waals surface area contributed by atoms with Crippen molar-refractivity contribution in [3.8, 4) is 5.75 Å². The Morgan fingerprint density at radius 2 is 1.73 bits per heavy atom. The van der Waals surface area contributed by atoms with Gasteiger partial charge in [-0.25, -0.2) is 4.79 Å². The second kappa shape index (κ2) is 9.98. The molecule has 0 aromatic heterocycles. The van der Waals surface area contributed by atoms with E-state index in [-0.39, 0.29) is 11.1 Å². The molecule has 186 valence electrons. The molecule has 0 unspecified atom stereocenters. The lowest BCUT2D eigenvalue weighted by atomic mass is 9.79. The highest BCUT2D eigenvalue weighted by atomic mass is 28.4. The van der Waals surface area contributed by atoms with Gasteiger partial charge in [0.15, 0.2) is 8.32 Å². The number of amides is 1. The van der Waals surface area contributed by atoms with Crippen LogP contribution in [0.15, 0.2) is 18.2 Å². The normalized spacial score (nSPS) is 18.7. The standard InChI is InChI=1S/C24H42BNO6Si/c1-17(14-15-29-33(10,11)22(2,3)4)30-21(27)26-19-13-12-18(16-20(19)28-9)25-31-23(5,6)24(7,8)32-25/h12-13,16-17H,14-15H2,1-11H3,(H,26,27)/t17-/m0/s1. The Balaban J connectivity index is 1.94. The van der Waals surface area contributed by atoms with Gasteiger partial charge in [-0.2, -0.15) is 0 Å². The third-order valence-electron chi connectivity index (χ3n) is 7.09. The molecule has 1 amide bonds. The Hall–Kier alpha value is -1.55. The van der Waals surface area contributed by atoms with Crippen molar-refractivity contribution < 1.29 is 28.0 Å². The SMILES string of the molecule is COc1cc(B2OC(C)(C)C(C)(C)O2)ccc1NC(=O)O[C@@H](C)CCO[Si](C)(C)C(C)(C)C. The van der Waals surface area contributed by atoms with E-state index in [1.165, 1.54) is 0 Å². The number of ether oxygens (including phenoxy) is 2. The van der Waals surface area contributed by atoms with E-state index in [0.717, 1.165) is 5.46 Å². The fourth-order valence-corrected chi connectivity index (χ4v) is 4.08. The van der Waals surface area contributed by atoms with Gasteiger partial charge in [0.2, 0.25) is 0 Å². The van der Waals surface area contributed by atoms with Crippen molar-refractivity contribution in [3.05, 3.63) is 18.2 Å². The van der Waals surface area contributed by atoms with Gasteiger partial charge in [-0.15, -0.1) is 0 Å². The minimum atomic E-state index is -1.81. The highest BCUT2D eigenvalue weighted by Gasteiger charge is 2.51. The quantitative estimate of drug-likeness (QED) is 0.507. The van der Waals surface area contributed by atoms with Gasteiger partial charge in [0.25, 0.3) is 0 Å². The van der Waals surface area contributed by atoms with E-state index in [4.69, 9.17) is 23.2 Å². The average molecular weight is 479 g/mol. The first-order valence-electron chi connectivity index (χ1n) is 11.6. The molecule has 1 aromatic carbocycles. The molecule has 0 saturated carbocycles. The lowest BCUT2D eigenvalue weighted by Gasteiger charge is -2.36. The fraction of sp³-hybridized carbons (Fsp3) is 0.708. The number of hydrogen-bond donors (Lipinski definition) is 1. The summed E-state index contributed by atoms with van der Waals surface area (Å²) in [4.78, 5) is 12.5. The molecule has 7 nitrogen and oxygen atoms in total. The minimum Gasteiger partial charge on any atom is -0.495 e. The molecule has 1 fully saturated rings. The highest BCUT2D eigenvalue weighted by molar-refractivity contribution is 6.74. The van der Waals surface area contributed by atoms with Crippen LogP contribution in [0.3, 0.4) is 0 Å². The van der Waals surface area contributed by atoms with Crippen LogP contribution in [0.4, 0.5) is 10.5 Å². The third-order valence-corrected chi connectivity index (χ3v) is 11.6. The van der Waals surface area contributed by atoms with Crippen LogP contribution in [0.2, 0.25) is 18.1 Å². The van der Waals surface area contributed by atoms with E-state index < -0.39 is 32.7 Å². The molecule has 9 heteroatoms. The van der Waals surface area contributed by atoms with E-state index in [1.807, 2.05) is 46.8 Å². The first-order chi connectivity index (χ1) is 15.0. The summed E-state index contributed by atoms with van der Waals surface area (Å²) < 4.78 is 29.4. The summed E-state index contributed by atoms with van der Waals surface area (Å²) in [5, 5.41) is 2.92. The van der Waals surface area contributed by atoms with E-state index >= 15 is 0 Å². The number of anilines is 1. The topological polar surface area (TPSA) is 75.2 Å². The van der Waals surface area contributed by atoms with Crippen LogP contribution in [0.1, 0.15) is 61.8 Å². The van der Waals surface area contributed by atoms with Gasteiger partial charge in [-0.3, -0.25) is 5.32 Å². The van der Waals surface area contributed by atoms with Crippen molar-refractivity contribution in [2.75, 3.05) is 19.0 Å². The van der Waals surface area contributed by atoms with Crippen molar-refractivity contribution in [3.63, 3.8) is 0 Å². The summed E-state index contributed by atoms with van der Waals surface area (Å²) in [7, 11) is -0.765. The molecular formula is C24H42BNO6Si. The first-order valence-corrected chi connectivity index (χ1v) is 14.5. The van der Waals surface area contributed by atoms with Crippen molar-refractivity contribution in [2.45, 2.75) is 97.2 Å². The van der Waals surface area contributed by atoms with E-state index in [1.54, 1.807) is 13.2 Å². The van der Waals surface area contributed by atoms with Crippen molar-refractivity contribution in [1.29, 1.82) is 0 Å². The Morgan fingerprint density at radius 3 is 2.24 bits per heavy atom. The summed E-state index contributed by atoms with van der Waals surface area (Å²) in [5.41, 5.74) is 0.472. The molecule has 1 atom stereocenters. The van der Waals surface area contributed by atoms with Crippen LogP contribution in [-0.4, -0.2) is 52.6 Å². The van der Waals surface area contributed by atoms with Gasteiger partial charge in [0, 0.05) is 13.0 Å². The Morgan fingerprint density at radius 1 is 1.15 bits per heavy atom. The largest absolute Gasteiger partial charge is 0.495 e. The molecule has 0 spiro atoms. The summed E-state index contributed by atoms with van der Waals surface area (Å²) in [6.07, 6.45) is -0.168. The predicted molar refractivity (Wildman–Crippen MR) is 136 cm³/mol. The van der Waals surface area contributed by atoms with Crippen LogP contribution in [0, 0.1) is 0 Å². The van der Waals surface area contributed by atoms with E-state index in [2.05, 4.69) is 39.2 Å². The van der Waals surface area contributed by atoms with Gasteiger partial charge >= 0.3 is 13.2 Å². The number of carbonyl (C=O) groups is 1. The van der Waals surface area contributed by atoms with E-state index in [9.17, 15) is 4.79 Å². The number of hydrogen-bond acceptors (Lipinski definition) is 6. The van der Waals surface area contributed by atoms with Gasteiger partial charge in [0.05, 0.1) is 24.0 Å². The predicted octanol–water partition coefficient (Wildman–Crippen LogP) is 5.34. The second-order valence-corrected chi connectivity index (χ2v) is 16.1. The zero-order chi connectivity index (χ0) is 25.2. The zero-order valence-electron chi connectivity index (χ0n) is 22.3. The molecule has 33 heavy (non-hydrogen) atoms. The van der Waals surface area contributed by atoms with Gasteiger partial charge in [-0.05, 0) is 70.3 Å². The molecule has 1 heterocycles. The summed E-state index contributed by atoms with van der Waals surface area (Å²) in [5.74, 6) is 0.507.